The van der Waals surface area contributed by atoms with Gasteiger partial charge in [-0.2, -0.15) is 4.31 Å². The molecule has 2 heterocycles. The van der Waals surface area contributed by atoms with Crippen LogP contribution in [0.3, 0.4) is 0 Å². The molecule has 3 aromatic rings. The van der Waals surface area contributed by atoms with Crippen molar-refractivity contribution in [1.82, 2.24) is 14.1 Å². The SMILES string of the molecule is CC1C(C)N(Cc2ccccc2)C(C)CN1C(=O)Nc1cc(S(=O)(=O)N2CCCCC2)ccc1Oc1cc(Cl)cc(Cl)c1. The van der Waals surface area contributed by atoms with Crippen molar-refractivity contribution in [2.45, 2.75) is 69.6 Å². The number of nitrogens with one attached hydrogen (secondary N) is 1. The van der Waals surface area contributed by atoms with Crippen LogP contribution in [-0.2, 0) is 16.6 Å². The van der Waals surface area contributed by atoms with Crippen molar-refractivity contribution in [1.29, 1.82) is 0 Å². The molecule has 2 aliphatic rings. The quantitative estimate of drug-likeness (QED) is 0.288. The summed E-state index contributed by atoms with van der Waals surface area (Å²) in [7, 11) is -3.75. The lowest BCUT2D eigenvalue weighted by Gasteiger charge is -2.48. The lowest BCUT2D eigenvalue weighted by Crippen LogP contribution is -2.62. The summed E-state index contributed by atoms with van der Waals surface area (Å²) in [4.78, 5) is 18.2. The molecule has 0 aliphatic carbocycles. The summed E-state index contributed by atoms with van der Waals surface area (Å²) in [6.45, 7) is 8.54. The standard InChI is InChI=1S/C32H38Cl2N4O4S/c1-22-20-38(24(3)23(2)37(22)21-25-10-6-4-7-11-25)32(39)35-30-19-29(43(40,41)36-14-8-5-9-15-36)12-13-31(30)42-28-17-26(33)16-27(34)18-28/h4,6-7,10-13,16-19,22-24H,5,8-9,14-15,20-21H2,1-3H3,(H,35,39). The molecule has 230 valence electrons. The molecule has 2 saturated heterocycles. The van der Waals surface area contributed by atoms with Gasteiger partial charge in [0.2, 0.25) is 10.0 Å². The molecule has 43 heavy (non-hydrogen) atoms. The maximum atomic E-state index is 13.8. The molecule has 5 rings (SSSR count). The predicted molar refractivity (Wildman–Crippen MR) is 172 cm³/mol. The third kappa shape index (κ3) is 7.29. The number of piperidine rings is 1. The Morgan fingerprint density at radius 3 is 2.26 bits per heavy atom. The number of benzene rings is 3. The van der Waals surface area contributed by atoms with E-state index in [-0.39, 0.29) is 40.5 Å². The lowest BCUT2D eigenvalue weighted by molar-refractivity contribution is 0.0163. The Kier molecular flexibility index (Phi) is 9.88. The third-order valence-electron chi connectivity index (χ3n) is 8.42. The Morgan fingerprint density at radius 1 is 0.907 bits per heavy atom. The molecule has 0 bridgehead atoms. The van der Waals surface area contributed by atoms with Crippen LogP contribution < -0.4 is 10.1 Å². The number of nitrogens with zero attached hydrogens (tertiary/aromatic N) is 3. The zero-order valence-corrected chi connectivity index (χ0v) is 27.0. The molecule has 0 spiro atoms. The number of hydrogen-bond donors (Lipinski definition) is 1. The van der Waals surface area contributed by atoms with Crippen molar-refractivity contribution in [3.63, 3.8) is 0 Å². The first-order chi connectivity index (χ1) is 20.5. The van der Waals surface area contributed by atoms with E-state index in [0.717, 1.165) is 25.8 Å². The fourth-order valence-corrected chi connectivity index (χ4v) is 7.92. The van der Waals surface area contributed by atoms with Crippen LogP contribution in [0.1, 0.15) is 45.6 Å². The summed E-state index contributed by atoms with van der Waals surface area (Å²) in [5, 5.41) is 3.76. The van der Waals surface area contributed by atoms with Gasteiger partial charge in [-0.1, -0.05) is 60.0 Å². The van der Waals surface area contributed by atoms with Gasteiger partial charge in [-0.15, -0.1) is 0 Å². The van der Waals surface area contributed by atoms with E-state index in [1.54, 1.807) is 24.3 Å². The Balaban J connectivity index is 1.41. The monoisotopic (exact) mass is 644 g/mol. The number of amides is 2. The number of ether oxygens (including phenoxy) is 1. The fraction of sp³-hybridized carbons (Fsp3) is 0.406. The fourth-order valence-electron chi connectivity index (χ4n) is 5.87. The second-order valence-corrected chi connectivity index (χ2v) is 14.2. The highest BCUT2D eigenvalue weighted by molar-refractivity contribution is 7.89. The highest BCUT2D eigenvalue weighted by atomic mass is 35.5. The van der Waals surface area contributed by atoms with E-state index < -0.39 is 10.0 Å². The molecular weight excluding hydrogens is 607 g/mol. The lowest BCUT2D eigenvalue weighted by atomic mass is 9.99. The Hall–Kier alpha value is -2.82. The summed E-state index contributed by atoms with van der Waals surface area (Å²) in [6.07, 6.45) is 2.66. The van der Waals surface area contributed by atoms with E-state index >= 15 is 0 Å². The predicted octanol–water partition coefficient (Wildman–Crippen LogP) is 7.48. The Morgan fingerprint density at radius 2 is 1.58 bits per heavy atom. The number of hydrogen-bond acceptors (Lipinski definition) is 5. The summed E-state index contributed by atoms with van der Waals surface area (Å²) in [5.74, 6) is 0.644. The van der Waals surface area contributed by atoms with Gasteiger partial charge in [-0.3, -0.25) is 4.90 Å². The van der Waals surface area contributed by atoms with Crippen molar-refractivity contribution in [2.24, 2.45) is 0 Å². The number of piperazine rings is 1. The van der Waals surface area contributed by atoms with E-state index in [1.807, 2.05) is 30.0 Å². The van der Waals surface area contributed by atoms with E-state index in [4.69, 9.17) is 27.9 Å². The van der Waals surface area contributed by atoms with Crippen molar-refractivity contribution in [3.05, 3.63) is 82.3 Å². The van der Waals surface area contributed by atoms with Crippen LogP contribution in [0.5, 0.6) is 11.5 Å². The molecule has 11 heteroatoms. The van der Waals surface area contributed by atoms with E-state index in [0.29, 0.717) is 35.4 Å². The number of rotatable bonds is 7. The minimum atomic E-state index is -3.75. The Labute approximate surface area is 264 Å². The molecule has 1 N–H and O–H groups in total. The molecular formula is C32H38Cl2N4O4S. The largest absolute Gasteiger partial charge is 0.455 e. The van der Waals surface area contributed by atoms with Gasteiger partial charge in [0.1, 0.15) is 5.75 Å². The van der Waals surface area contributed by atoms with Crippen LogP contribution in [-0.4, -0.2) is 66.3 Å². The van der Waals surface area contributed by atoms with Gasteiger partial charge >= 0.3 is 6.03 Å². The topological polar surface area (TPSA) is 82.2 Å². The number of carbonyl (C=O) groups excluding carboxylic acids is 1. The van der Waals surface area contributed by atoms with Gasteiger partial charge in [-0.05, 0) is 75.6 Å². The number of anilines is 1. The summed E-state index contributed by atoms with van der Waals surface area (Å²) in [6, 6.07) is 19.4. The molecule has 8 nitrogen and oxygen atoms in total. The van der Waals surface area contributed by atoms with Crippen LogP contribution in [0.25, 0.3) is 0 Å². The van der Waals surface area contributed by atoms with Gasteiger partial charge in [0.05, 0.1) is 10.6 Å². The van der Waals surface area contributed by atoms with Gasteiger partial charge in [0.15, 0.2) is 5.75 Å². The highest BCUT2D eigenvalue weighted by Crippen LogP contribution is 2.36. The summed E-state index contributed by atoms with van der Waals surface area (Å²) < 4.78 is 34.7. The van der Waals surface area contributed by atoms with Gasteiger partial charge in [-0.25, -0.2) is 13.2 Å². The van der Waals surface area contributed by atoms with Crippen LogP contribution in [0.2, 0.25) is 10.0 Å². The number of urea groups is 1. The molecule has 2 aliphatic heterocycles. The second-order valence-electron chi connectivity index (χ2n) is 11.4. The minimum Gasteiger partial charge on any atom is -0.455 e. The molecule has 0 saturated carbocycles. The molecule has 0 aromatic heterocycles. The number of halogens is 2. The van der Waals surface area contributed by atoms with Crippen molar-refractivity contribution in [3.8, 4) is 11.5 Å². The smallest absolute Gasteiger partial charge is 0.322 e. The van der Waals surface area contributed by atoms with Crippen LogP contribution >= 0.6 is 23.2 Å². The van der Waals surface area contributed by atoms with Crippen molar-refractivity contribution < 1.29 is 17.9 Å². The van der Waals surface area contributed by atoms with Crippen LogP contribution in [0, 0.1) is 0 Å². The van der Waals surface area contributed by atoms with Crippen LogP contribution in [0.15, 0.2) is 71.6 Å². The van der Waals surface area contributed by atoms with Crippen molar-refractivity contribution >= 4 is 44.9 Å². The first-order valence-corrected chi connectivity index (χ1v) is 16.9. The molecule has 3 unspecified atom stereocenters. The first-order valence-electron chi connectivity index (χ1n) is 14.7. The van der Waals surface area contributed by atoms with Gasteiger partial charge in [0.25, 0.3) is 0 Å². The summed E-state index contributed by atoms with van der Waals surface area (Å²) in [5.41, 5.74) is 1.47. The Bertz CT molecular complexity index is 1530. The zero-order valence-electron chi connectivity index (χ0n) is 24.7. The number of sulfonamides is 1. The third-order valence-corrected chi connectivity index (χ3v) is 10.7. The average Bonchev–Trinajstić information content (AvgIpc) is 2.98. The first kappa shape index (κ1) is 31.6. The highest BCUT2D eigenvalue weighted by Gasteiger charge is 2.38. The summed E-state index contributed by atoms with van der Waals surface area (Å²) >= 11 is 12.4. The van der Waals surface area contributed by atoms with E-state index in [1.165, 1.54) is 22.0 Å². The van der Waals surface area contributed by atoms with E-state index in [9.17, 15) is 13.2 Å². The second kappa shape index (κ2) is 13.4. The molecule has 3 atom stereocenters. The molecule has 0 radical (unpaired) electrons. The van der Waals surface area contributed by atoms with Gasteiger partial charge in [0, 0.05) is 54.3 Å². The molecule has 2 amide bonds. The van der Waals surface area contributed by atoms with Crippen molar-refractivity contribution in [2.75, 3.05) is 25.0 Å². The maximum absolute atomic E-state index is 13.8. The average molecular weight is 646 g/mol. The molecule has 2 fully saturated rings. The minimum absolute atomic E-state index is 0.0878. The molecule has 3 aromatic carbocycles. The van der Waals surface area contributed by atoms with Crippen LogP contribution in [0.4, 0.5) is 10.5 Å². The number of carbonyl (C=O) groups is 1. The normalized spacial score (nSPS) is 21.9. The van der Waals surface area contributed by atoms with Gasteiger partial charge < -0.3 is 15.0 Å². The maximum Gasteiger partial charge on any atom is 0.322 e. The van der Waals surface area contributed by atoms with E-state index in [2.05, 4.69) is 36.2 Å². The zero-order chi connectivity index (χ0) is 30.7.